The van der Waals surface area contributed by atoms with Crippen molar-refractivity contribution in [1.29, 1.82) is 0 Å². The summed E-state index contributed by atoms with van der Waals surface area (Å²) >= 11 is 0. The molecule has 1 heterocycles. The molecule has 2 rings (SSSR count). The first-order valence-corrected chi connectivity index (χ1v) is 9.89. The normalized spacial score (nSPS) is 18.2. The number of methoxy groups -OCH3 is 3. The molecule has 1 aromatic rings. The Hall–Kier alpha value is -2.29. The number of esters is 1. The highest BCUT2D eigenvalue weighted by molar-refractivity contribution is 7.91. The summed E-state index contributed by atoms with van der Waals surface area (Å²) in [4.78, 5) is 25.7. The number of hydrogen-bond acceptors (Lipinski definition) is 7. The van der Waals surface area contributed by atoms with Gasteiger partial charge in [-0.1, -0.05) is 6.07 Å². The molecule has 144 valence electrons. The van der Waals surface area contributed by atoms with Gasteiger partial charge in [0.25, 0.3) is 0 Å². The third kappa shape index (κ3) is 4.87. The van der Waals surface area contributed by atoms with Gasteiger partial charge in [0.2, 0.25) is 5.91 Å². The van der Waals surface area contributed by atoms with Gasteiger partial charge in [-0.15, -0.1) is 0 Å². The van der Waals surface area contributed by atoms with Crippen molar-refractivity contribution in [2.75, 3.05) is 39.4 Å². The van der Waals surface area contributed by atoms with Crippen LogP contribution in [0.15, 0.2) is 18.2 Å². The minimum Gasteiger partial charge on any atom is -0.493 e. The summed E-state index contributed by atoms with van der Waals surface area (Å²) in [5.74, 6) is -0.0295. The Bertz CT molecular complexity index is 775. The molecule has 0 bridgehead atoms. The quantitative estimate of drug-likeness (QED) is 0.628. The number of sulfone groups is 1. The second-order valence-electron chi connectivity index (χ2n) is 6.02. The van der Waals surface area contributed by atoms with Gasteiger partial charge in [0.05, 0.1) is 39.3 Å². The predicted octanol–water partition coefficient (Wildman–Crippen LogP) is 0.435. The van der Waals surface area contributed by atoms with Crippen molar-refractivity contribution < 1.29 is 32.2 Å². The minimum atomic E-state index is -3.19. The van der Waals surface area contributed by atoms with Crippen LogP contribution >= 0.6 is 0 Å². The van der Waals surface area contributed by atoms with Crippen LogP contribution in [0.3, 0.4) is 0 Å². The van der Waals surface area contributed by atoms with Crippen LogP contribution in [-0.4, -0.2) is 70.6 Å². The standard InChI is InChI=1S/C17H23NO7S/c1-23-14-5-4-12(8-15(14)24-2)9-16(19)18(10-17(20)25-3)13-6-7-26(21,22)11-13/h4-5,8,13H,6-7,9-11H2,1-3H3/t13-/m1/s1. The molecule has 1 aromatic carbocycles. The maximum atomic E-state index is 12.8. The average Bonchev–Trinajstić information content (AvgIpc) is 2.98. The largest absolute Gasteiger partial charge is 0.493 e. The van der Waals surface area contributed by atoms with E-state index in [9.17, 15) is 18.0 Å². The molecule has 0 N–H and O–H groups in total. The molecule has 0 aliphatic carbocycles. The lowest BCUT2D eigenvalue weighted by Gasteiger charge is -2.27. The summed E-state index contributed by atoms with van der Waals surface area (Å²) in [5.41, 5.74) is 0.670. The number of nitrogens with zero attached hydrogens (tertiary/aromatic N) is 1. The SMILES string of the molecule is COC(=O)CN(C(=O)Cc1ccc(OC)c(OC)c1)[C@@H]1CCS(=O)(=O)C1. The molecule has 8 nitrogen and oxygen atoms in total. The van der Waals surface area contributed by atoms with Gasteiger partial charge in [0.15, 0.2) is 21.3 Å². The Morgan fingerprint density at radius 1 is 1.15 bits per heavy atom. The highest BCUT2D eigenvalue weighted by Gasteiger charge is 2.35. The summed E-state index contributed by atoms with van der Waals surface area (Å²) in [6, 6.07) is 4.57. The predicted molar refractivity (Wildman–Crippen MR) is 94.0 cm³/mol. The molecule has 1 aliphatic heterocycles. The Morgan fingerprint density at radius 3 is 2.38 bits per heavy atom. The zero-order chi connectivity index (χ0) is 19.3. The highest BCUT2D eigenvalue weighted by Crippen LogP contribution is 2.28. The molecule has 26 heavy (non-hydrogen) atoms. The van der Waals surface area contributed by atoms with Gasteiger partial charge in [-0.2, -0.15) is 0 Å². The summed E-state index contributed by atoms with van der Waals surface area (Å²) in [5, 5.41) is 0. The second kappa shape index (κ2) is 8.39. The number of amides is 1. The molecule has 0 saturated carbocycles. The van der Waals surface area contributed by atoms with E-state index in [0.717, 1.165) is 0 Å². The van der Waals surface area contributed by atoms with Crippen LogP contribution in [0.2, 0.25) is 0 Å². The van der Waals surface area contributed by atoms with E-state index in [4.69, 9.17) is 9.47 Å². The number of benzene rings is 1. The van der Waals surface area contributed by atoms with Crippen LogP contribution in [0.5, 0.6) is 11.5 Å². The average molecular weight is 385 g/mol. The zero-order valence-corrected chi connectivity index (χ0v) is 15.9. The van der Waals surface area contributed by atoms with Gasteiger partial charge < -0.3 is 19.1 Å². The van der Waals surface area contributed by atoms with Crippen molar-refractivity contribution in [2.45, 2.75) is 18.9 Å². The van der Waals surface area contributed by atoms with Crippen LogP contribution in [0, 0.1) is 0 Å². The maximum absolute atomic E-state index is 12.8. The minimum absolute atomic E-state index is 0.00783. The maximum Gasteiger partial charge on any atom is 0.325 e. The van der Waals surface area contributed by atoms with E-state index in [1.54, 1.807) is 18.2 Å². The van der Waals surface area contributed by atoms with E-state index in [-0.39, 0.29) is 30.4 Å². The fraction of sp³-hybridized carbons (Fsp3) is 0.529. The fourth-order valence-corrected chi connectivity index (χ4v) is 4.64. The summed E-state index contributed by atoms with van der Waals surface area (Å²) in [6.07, 6.45) is 0.324. The van der Waals surface area contributed by atoms with E-state index in [1.165, 1.54) is 26.2 Å². The van der Waals surface area contributed by atoms with Crippen molar-refractivity contribution in [3.63, 3.8) is 0 Å². The van der Waals surface area contributed by atoms with Gasteiger partial charge in [0, 0.05) is 6.04 Å². The number of hydrogen-bond donors (Lipinski definition) is 0. The monoisotopic (exact) mass is 385 g/mol. The summed E-state index contributed by atoms with van der Waals surface area (Å²) < 4.78 is 38.5. The molecule has 9 heteroatoms. The molecule has 0 spiro atoms. The van der Waals surface area contributed by atoms with Crippen LogP contribution in [0.25, 0.3) is 0 Å². The Labute approximate surface area is 152 Å². The zero-order valence-electron chi connectivity index (χ0n) is 15.1. The molecule has 0 aromatic heterocycles. The van der Waals surface area contributed by atoms with Crippen LogP contribution in [-0.2, 0) is 30.6 Å². The van der Waals surface area contributed by atoms with Gasteiger partial charge in [-0.05, 0) is 24.1 Å². The third-order valence-corrected chi connectivity index (χ3v) is 6.05. The number of rotatable bonds is 7. The van der Waals surface area contributed by atoms with E-state index in [0.29, 0.717) is 23.5 Å². The van der Waals surface area contributed by atoms with Gasteiger partial charge in [0.1, 0.15) is 6.54 Å². The van der Waals surface area contributed by atoms with Crippen LogP contribution in [0.4, 0.5) is 0 Å². The molecule has 1 amide bonds. The first kappa shape index (κ1) is 20.0. The molecule has 1 saturated heterocycles. The topological polar surface area (TPSA) is 99.2 Å². The summed E-state index contributed by atoms with van der Waals surface area (Å²) in [6.45, 7) is -0.275. The first-order valence-electron chi connectivity index (χ1n) is 8.07. The molecule has 0 unspecified atom stereocenters. The van der Waals surface area contributed by atoms with E-state index >= 15 is 0 Å². The molecule has 1 atom stereocenters. The molecule has 1 aliphatic rings. The van der Waals surface area contributed by atoms with Crippen molar-refractivity contribution >= 4 is 21.7 Å². The number of carbonyl (C=O) groups excluding carboxylic acids is 2. The lowest BCUT2D eigenvalue weighted by Crippen LogP contribution is -2.45. The van der Waals surface area contributed by atoms with Gasteiger partial charge in [-0.25, -0.2) is 8.42 Å². The molecule has 0 radical (unpaired) electrons. The Kier molecular flexibility index (Phi) is 6.47. The number of carbonyl (C=O) groups is 2. The molecule has 1 fully saturated rings. The van der Waals surface area contributed by atoms with Gasteiger partial charge >= 0.3 is 5.97 Å². The van der Waals surface area contributed by atoms with Crippen molar-refractivity contribution in [3.05, 3.63) is 23.8 Å². The Morgan fingerprint density at radius 2 is 1.85 bits per heavy atom. The van der Waals surface area contributed by atoms with Gasteiger partial charge in [-0.3, -0.25) is 9.59 Å². The molecular formula is C17H23NO7S. The lowest BCUT2D eigenvalue weighted by atomic mass is 10.1. The smallest absolute Gasteiger partial charge is 0.325 e. The van der Waals surface area contributed by atoms with E-state index < -0.39 is 21.8 Å². The second-order valence-corrected chi connectivity index (χ2v) is 8.25. The highest BCUT2D eigenvalue weighted by atomic mass is 32.2. The van der Waals surface area contributed by atoms with Crippen LogP contribution < -0.4 is 9.47 Å². The Balaban J connectivity index is 2.19. The third-order valence-electron chi connectivity index (χ3n) is 4.30. The lowest BCUT2D eigenvalue weighted by molar-refractivity contribution is -0.148. The van der Waals surface area contributed by atoms with Crippen LogP contribution in [0.1, 0.15) is 12.0 Å². The number of ether oxygens (including phenoxy) is 3. The van der Waals surface area contributed by atoms with E-state index in [2.05, 4.69) is 4.74 Å². The fourth-order valence-electron chi connectivity index (χ4n) is 2.91. The van der Waals surface area contributed by atoms with Crippen molar-refractivity contribution in [3.8, 4) is 11.5 Å². The molecular weight excluding hydrogens is 362 g/mol. The summed E-state index contributed by atoms with van der Waals surface area (Å²) in [7, 11) is 1.05. The van der Waals surface area contributed by atoms with Crippen molar-refractivity contribution in [1.82, 2.24) is 4.90 Å². The van der Waals surface area contributed by atoms with E-state index in [1.807, 2.05) is 0 Å². The van der Waals surface area contributed by atoms with Crippen molar-refractivity contribution in [2.24, 2.45) is 0 Å². The first-order chi connectivity index (χ1) is 12.3.